The normalized spacial score (nSPS) is 14.9. The number of esters is 1. The lowest BCUT2D eigenvalue weighted by Crippen LogP contribution is -2.03. The number of benzene rings is 2. The fourth-order valence-corrected chi connectivity index (χ4v) is 3.29. The summed E-state index contributed by atoms with van der Waals surface area (Å²) in [6, 6.07) is 19.5. The molecule has 1 aromatic heterocycles. The van der Waals surface area contributed by atoms with E-state index in [-0.39, 0.29) is 5.70 Å². The molecule has 0 unspecified atom stereocenters. The van der Waals surface area contributed by atoms with Crippen LogP contribution in [0.2, 0.25) is 0 Å². The third kappa shape index (κ3) is 3.99. The van der Waals surface area contributed by atoms with Crippen molar-refractivity contribution < 1.29 is 14.3 Å². The first-order valence-corrected chi connectivity index (χ1v) is 9.41. The van der Waals surface area contributed by atoms with E-state index in [0.717, 1.165) is 16.0 Å². The van der Waals surface area contributed by atoms with Crippen LogP contribution in [0.3, 0.4) is 0 Å². The number of cyclic esters (lactones) is 1. The maximum atomic E-state index is 12.2. The highest BCUT2D eigenvalue weighted by molar-refractivity contribution is 7.12. The summed E-state index contributed by atoms with van der Waals surface area (Å²) in [5, 5.41) is 1.92. The van der Waals surface area contributed by atoms with E-state index in [4.69, 9.17) is 9.47 Å². The van der Waals surface area contributed by atoms with E-state index in [1.807, 2.05) is 53.9 Å². The maximum Gasteiger partial charge on any atom is 0.363 e. The highest BCUT2D eigenvalue weighted by atomic mass is 32.1. The molecule has 1 aliphatic heterocycles. The van der Waals surface area contributed by atoms with Crippen LogP contribution in [-0.2, 0) is 16.1 Å². The second kappa shape index (κ2) is 7.60. The predicted molar refractivity (Wildman–Crippen MR) is 107 cm³/mol. The van der Waals surface area contributed by atoms with Gasteiger partial charge in [0.1, 0.15) is 12.4 Å². The van der Waals surface area contributed by atoms with Crippen LogP contribution in [-0.4, -0.2) is 11.9 Å². The molecule has 0 saturated carbocycles. The van der Waals surface area contributed by atoms with Gasteiger partial charge in [-0.2, -0.15) is 0 Å². The summed E-state index contributed by atoms with van der Waals surface area (Å²) in [4.78, 5) is 17.3. The number of nitrogens with zero attached hydrogens (tertiary/aromatic N) is 1. The Labute approximate surface area is 161 Å². The molecule has 0 saturated heterocycles. The van der Waals surface area contributed by atoms with Crippen LogP contribution in [0.25, 0.3) is 6.08 Å². The molecule has 3 aromatic rings. The monoisotopic (exact) mass is 375 g/mol. The van der Waals surface area contributed by atoms with E-state index in [1.165, 1.54) is 16.9 Å². The fraction of sp³-hybridized carbons (Fsp3) is 0.0909. The van der Waals surface area contributed by atoms with Gasteiger partial charge in [-0.05, 0) is 36.1 Å². The smallest absolute Gasteiger partial charge is 0.363 e. The van der Waals surface area contributed by atoms with Crippen LogP contribution in [0, 0.1) is 6.92 Å². The molecule has 0 radical (unpaired) electrons. The van der Waals surface area contributed by atoms with Crippen LogP contribution in [0.15, 0.2) is 76.7 Å². The Hall–Kier alpha value is -3.18. The summed E-state index contributed by atoms with van der Waals surface area (Å²) in [5.74, 6) is 0.587. The zero-order chi connectivity index (χ0) is 18.6. The number of para-hydroxylation sites is 1. The molecule has 0 fully saturated rings. The summed E-state index contributed by atoms with van der Waals surface area (Å²) in [6.45, 7) is 2.51. The molecule has 0 spiro atoms. The van der Waals surface area contributed by atoms with Gasteiger partial charge in [-0.15, -0.1) is 11.3 Å². The molecule has 4 nitrogen and oxygen atoms in total. The van der Waals surface area contributed by atoms with E-state index in [2.05, 4.69) is 24.0 Å². The van der Waals surface area contributed by atoms with Gasteiger partial charge in [0.25, 0.3) is 0 Å². The number of thiophene rings is 1. The standard InChI is InChI=1S/C22H17NO3S/c1-15-8-10-16(11-9-15)14-25-19-6-3-2-5-17(19)13-18-22(24)26-21(23-18)20-7-4-12-27-20/h2-13H,14H2,1H3. The van der Waals surface area contributed by atoms with Gasteiger partial charge in [-0.25, -0.2) is 9.79 Å². The Bertz CT molecular complexity index is 1020. The van der Waals surface area contributed by atoms with E-state index in [9.17, 15) is 4.79 Å². The van der Waals surface area contributed by atoms with Gasteiger partial charge in [-0.1, -0.05) is 54.1 Å². The molecule has 2 heterocycles. The van der Waals surface area contributed by atoms with Crippen LogP contribution < -0.4 is 4.74 Å². The minimum Gasteiger partial charge on any atom is -0.488 e. The van der Waals surface area contributed by atoms with Crippen molar-refractivity contribution in [1.82, 2.24) is 0 Å². The minimum atomic E-state index is -0.452. The third-order valence-corrected chi connectivity index (χ3v) is 4.94. The first-order valence-electron chi connectivity index (χ1n) is 8.53. The molecular weight excluding hydrogens is 358 g/mol. The Morgan fingerprint density at radius 2 is 1.89 bits per heavy atom. The van der Waals surface area contributed by atoms with Gasteiger partial charge in [0.15, 0.2) is 5.70 Å². The van der Waals surface area contributed by atoms with E-state index in [1.54, 1.807) is 6.08 Å². The highest BCUT2D eigenvalue weighted by Crippen LogP contribution is 2.26. The van der Waals surface area contributed by atoms with Crippen molar-refractivity contribution in [3.63, 3.8) is 0 Å². The second-order valence-electron chi connectivity index (χ2n) is 6.13. The Morgan fingerprint density at radius 1 is 1.07 bits per heavy atom. The van der Waals surface area contributed by atoms with Crippen molar-refractivity contribution in [2.45, 2.75) is 13.5 Å². The van der Waals surface area contributed by atoms with E-state index >= 15 is 0 Å². The van der Waals surface area contributed by atoms with Crippen LogP contribution in [0.1, 0.15) is 21.6 Å². The first-order chi connectivity index (χ1) is 13.2. The van der Waals surface area contributed by atoms with Crippen molar-refractivity contribution >= 4 is 29.3 Å². The third-order valence-electron chi connectivity index (χ3n) is 4.08. The number of ether oxygens (including phenoxy) is 2. The Balaban J connectivity index is 1.56. The summed E-state index contributed by atoms with van der Waals surface area (Å²) in [7, 11) is 0. The van der Waals surface area contributed by atoms with Crippen LogP contribution >= 0.6 is 11.3 Å². The van der Waals surface area contributed by atoms with Crippen LogP contribution in [0.4, 0.5) is 0 Å². The van der Waals surface area contributed by atoms with Gasteiger partial charge in [0.05, 0.1) is 4.88 Å². The zero-order valence-electron chi connectivity index (χ0n) is 14.7. The molecule has 134 valence electrons. The summed E-state index contributed by atoms with van der Waals surface area (Å²) in [6.07, 6.45) is 1.70. The van der Waals surface area contributed by atoms with Crippen molar-refractivity contribution in [3.05, 3.63) is 93.3 Å². The van der Waals surface area contributed by atoms with Crippen molar-refractivity contribution in [1.29, 1.82) is 0 Å². The highest BCUT2D eigenvalue weighted by Gasteiger charge is 2.25. The molecule has 0 N–H and O–H groups in total. The van der Waals surface area contributed by atoms with E-state index in [0.29, 0.717) is 18.3 Å². The van der Waals surface area contributed by atoms with Gasteiger partial charge in [0.2, 0.25) is 5.90 Å². The van der Waals surface area contributed by atoms with Gasteiger partial charge in [-0.3, -0.25) is 0 Å². The molecule has 1 aliphatic rings. The zero-order valence-corrected chi connectivity index (χ0v) is 15.5. The first kappa shape index (κ1) is 17.2. The summed E-state index contributed by atoms with van der Waals surface area (Å²) < 4.78 is 11.2. The number of carbonyl (C=O) groups excluding carboxylic acids is 1. The molecule has 0 aliphatic carbocycles. The molecule has 0 bridgehead atoms. The molecule has 2 aromatic carbocycles. The summed E-state index contributed by atoms with van der Waals surface area (Å²) in [5.41, 5.74) is 3.35. The number of aryl methyl sites for hydroxylation is 1. The topological polar surface area (TPSA) is 47.9 Å². The fourth-order valence-electron chi connectivity index (χ4n) is 2.64. The molecule has 27 heavy (non-hydrogen) atoms. The van der Waals surface area contributed by atoms with Crippen molar-refractivity contribution in [2.24, 2.45) is 4.99 Å². The quantitative estimate of drug-likeness (QED) is 0.467. The van der Waals surface area contributed by atoms with Gasteiger partial charge < -0.3 is 9.47 Å². The predicted octanol–water partition coefficient (Wildman–Crippen LogP) is 4.98. The number of hydrogen-bond donors (Lipinski definition) is 0. The van der Waals surface area contributed by atoms with Gasteiger partial charge in [0, 0.05) is 5.56 Å². The van der Waals surface area contributed by atoms with Crippen LogP contribution in [0.5, 0.6) is 5.75 Å². The average molecular weight is 375 g/mol. The maximum absolute atomic E-state index is 12.2. The SMILES string of the molecule is Cc1ccc(COc2ccccc2C=C2N=C(c3cccs3)OC2=O)cc1. The Morgan fingerprint density at radius 3 is 2.67 bits per heavy atom. The minimum absolute atomic E-state index is 0.268. The number of aliphatic imine (C=N–C) groups is 1. The van der Waals surface area contributed by atoms with Gasteiger partial charge >= 0.3 is 5.97 Å². The average Bonchev–Trinajstić information content (AvgIpc) is 3.33. The molecule has 4 rings (SSSR count). The van der Waals surface area contributed by atoms with E-state index < -0.39 is 5.97 Å². The lowest BCUT2D eigenvalue weighted by molar-refractivity contribution is -0.129. The molecule has 5 heteroatoms. The molecular formula is C22H17NO3S. The lowest BCUT2D eigenvalue weighted by Gasteiger charge is -2.09. The summed E-state index contributed by atoms with van der Waals surface area (Å²) >= 11 is 1.48. The number of carbonyl (C=O) groups is 1. The largest absolute Gasteiger partial charge is 0.488 e. The molecule has 0 atom stereocenters. The lowest BCUT2D eigenvalue weighted by atomic mass is 10.1. The molecule has 0 amide bonds. The number of hydrogen-bond acceptors (Lipinski definition) is 5. The van der Waals surface area contributed by atoms with Crippen molar-refractivity contribution in [2.75, 3.05) is 0 Å². The number of rotatable bonds is 5. The second-order valence-corrected chi connectivity index (χ2v) is 7.07. The Kier molecular flexibility index (Phi) is 4.85. The van der Waals surface area contributed by atoms with Crippen molar-refractivity contribution in [3.8, 4) is 5.75 Å².